The summed E-state index contributed by atoms with van der Waals surface area (Å²) in [7, 11) is 1.71. The zero-order chi connectivity index (χ0) is 23.4. The van der Waals surface area contributed by atoms with Gasteiger partial charge in [-0.2, -0.15) is 9.78 Å². The lowest BCUT2D eigenvalue weighted by Gasteiger charge is -2.24. The number of aryl methyl sites for hydroxylation is 1. The van der Waals surface area contributed by atoms with E-state index in [1.54, 1.807) is 25.4 Å². The molecule has 32 heavy (non-hydrogen) atoms. The number of carbonyl (C=O) groups excluding carboxylic acids is 1. The van der Waals surface area contributed by atoms with E-state index in [0.29, 0.717) is 6.42 Å². The van der Waals surface area contributed by atoms with E-state index >= 15 is 0 Å². The van der Waals surface area contributed by atoms with Crippen molar-refractivity contribution in [2.75, 3.05) is 7.11 Å². The van der Waals surface area contributed by atoms with Gasteiger partial charge in [0.25, 0.3) is 5.91 Å². The molecule has 0 aliphatic carbocycles. The summed E-state index contributed by atoms with van der Waals surface area (Å²) in [5.74, 6) is -0.326. The van der Waals surface area contributed by atoms with Crippen LogP contribution in [0.25, 0.3) is 27.5 Å². The fourth-order valence-electron chi connectivity index (χ4n) is 4.07. The average molecular weight is 436 g/mol. The fraction of sp³-hybridized carbons (Fsp3) is 0.385. The largest absolute Gasteiger partial charge is 0.378 e. The van der Waals surface area contributed by atoms with Crippen molar-refractivity contribution in [3.05, 3.63) is 59.7 Å². The highest BCUT2D eigenvalue weighted by molar-refractivity contribution is 6.02. The molecule has 0 fully saturated rings. The molecule has 2 aromatic heterocycles. The van der Waals surface area contributed by atoms with Gasteiger partial charge in [0.1, 0.15) is 5.82 Å². The van der Waals surface area contributed by atoms with E-state index in [0.717, 1.165) is 38.8 Å². The molecule has 2 heterocycles. The molecule has 0 atom stereocenters. The Kier molecular flexibility index (Phi) is 5.24. The maximum Gasteiger partial charge on any atom is 0.252 e. The molecule has 0 aliphatic heterocycles. The second-order valence-electron chi connectivity index (χ2n) is 10.1. The van der Waals surface area contributed by atoms with Crippen LogP contribution in [0.5, 0.6) is 0 Å². The van der Waals surface area contributed by atoms with Crippen molar-refractivity contribution in [1.82, 2.24) is 14.3 Å². The summed E-state index contributed by atoms with van der Waals surface area (Å²) < 4.78 is 23.0. The van der Waals surface area contributed by atoms with Crippen LogP contribution < -0.4 is 0 Å². The van der Waals surface area contributed by atoms with E-state index in [4.69, 9.17) is 4.74 Å². The molecule has 0 saturated heterocycles. The number of halogens is 1. The van der Waals surface area contributed by atoms with Gasteiger partial charge in [0, 0.05) is 41.1 Å². The van der Waals surface area contributed by atoms with Gasteiger partial charge >= 0.3 is 0 Å². The summed E-state index contributed by atoms with van der Waals surface area (Å²) in [6.07, 6.45) is 2.40. The number of aromatic nitrogens is 3. The van der Waals surface area contributed by atoms with Gasteiger partial charge in [0.2, 0.25) is 0 Å². The smallest absolute Gasteiger partial charge is 0.252 e. The fourth-order valence-corrected chi connectivity index (χ4v) is 4.07. The normalized spacial score (nSPS) is 12.8. The van der Waals surface area contributed by atoms with Gasteiger partial charge in [0.05, 0.1) is 22.8 Å². The first-order valence-corrected chi connectivity index (χ1v) is 10.8. The third-order valence-corrected chi connectivity index (χ3v) is 6.10. The van der Waals surface area contributed by atoms with Crippen LogP contribution in [0.1, 0.15) is 50.7 Å². The molecule has 0 radical (unpaired) electrons. The highest BCUT2D eigenvalue weighted by Gasteiger charge is 2.27. The lowest BCUT2D eigenvalue weighted by atomic mass is 9.95. The van der Waals surface area contributed by atoms with Gasteiger partial charge in [-0.1, -0.05) is 20.8 Å². The van der Waals surface area contributed by atoms with E-state index in [1.165, 1.54) is 16.8 Å². The molecule has 0 N–H and O–H groups in total. The Balaban J connectivity index is 2.03. The number of hydrogen-bond donors (Lipinski definition) is 0. The lowest BCUT2D eigenvalue weighted by Crippen LogP contribution is -2.27. The van der Waals surface area contributed by atoms with E-state index in [2.05, 4.69) is 36.5 Å². The standard InChI is InChI=1S/C26H30FN3O2/c1-16-20-13-21-17(15-28-30(21)24(31)25(2,3)4)12-22(20)29(19-10-8-18(27)9-11-19)23(16)14-26(5,6)32-7/h8-13,15H,14H2,1-7H3. The molecule has 0 amide bonds. The summed E-state index contributed by atoms with van der Waals surface area (Å²) in [5.41, 5.74) is 3.93. The molecule has 2 aromatic carbocycles. The summed E-state index contributed by atoms with van der Waals surface area (Å²) in [6, 6.07) is 10.6. The van der Waals surface area contributed by atoms with E-state index in [-0.39, 0.29) is 17.3 Å². The SMILES string of the molecule is COC(C)(C)Cc1c(C)c2cc3c(cnn3C(=O)C(C)(C)C)cc2n1-c1ccc(F)cc1. The van der Waals surface area contributed by atoms with Crippen LogP contribution in [-0.2, 0) is 11.2 Å². The lowest BCUT2D eigenvalue weighted by molar-refractivity contribution is 0.0221. The zero-order valence-electron chi connectivity index (χ0n) is 19.8. The molecule has 4 aromatic rings. The first-order chi connectivity index (χ1) is 14.9. The predicted molar refractivity (Wildman–Crippen MR) is 126 cm³/mol. The van der Waals surface area contributed by atoms with Crippen LogP contribution in [0.15, 0.2) is 42.6 Å². The second-order valence-corrected chi connectivity index (χ2v) is 10.1. The summed E-state index contributed by atoms with van der Waals surface area (Å²) in [6.45, 7) is 11.9. The molecule has 0 bridgehead atoms. The van der Waals surface area contributed by atoms with E-state index in [9.17, 15) is 9.18 Å². The highest BCUT2D eigenvalue weighted by Crippen LogP contribution is 2.35. The minimum absolute atomic E-state index is 0.0526. The Hall–Kier alpha value is -2.99. The Morgan fingerprint density at radius 3 is 2.31 bits per heavy atom. The first kappa shape index (κ1) is 22.2. The Morgan fingerprint density at radius 1 is 1.06 bits per heavy atom. The molecule has 0 aliphatic rings. The van der Waals surface area contributed by atoms with Gasteiger partial charge in [-0.05, 0) is 62.7 Å². The van der Waals surface area contributed by atoms with Crippen LogP contribution in [-0.4, -0.2) is 33.0 Å². The van der Waals surface area contributed by atoms with Crippen LogP contribution in [0.4, 0.5) is 4.39 Å². The van der Waals surface area contributed by atoms with E-state index < -0.39 is 5.41 Å². The molecular formula is C26H30FN3O2. The number of carbonyl (C=O) groups is 1. The monoisotopic (exact) mass is 435 g/mol. The number of hydrogen-bond acceptors (Lipinski definition) is 3. The highest BCUT2D eigenvalue weighted by atomic mass is 19.1. The minimum Gasteiger partial charge on any atom is -0.378 e. The number of fused-ring (bicyclic) bond motifs is 2. The van der Waals surface area contributed by atoms with Gasteiger partial charge in [-0.3, -0.25) is 4.79 Å². The topological polar surface area (TPSA) is 49.1 Å². The average Bonchev–Trinajstić information content (AvgIpc) is 3.25. The van der Waals surface area contributed by atoms with Crippen LogP contribution in [0.3, 0.4) is 0 Å². The molecule has 0 unspecified atom stereocenters. The molecule has 0 saturated carbocycles. The first-order valence-electron chi connectivity index (χ1n) is 10.8. The van der Waals surface area contributed by atoms with Crippen LogP contribution in [0, 0.1) is 18.2 Å². The van der Waals surface area contributed by atoms with Crippen molar-refractivity contribution in [1.29, 1.82) is 0 Å². The molecule has 168 valence electrons. The maximum absolute atomic E-state index is 13.7. The maximum atomic E-state index is 13.7. The summed E-state index contributed by atoms with van der Waals surface area (Å²) in [4.78, 5) is 13.0. The molecule has 4 rings (SSSR count). The Bertz CT molecular complexity index is 1320. The van der Waals surface area contributed by atoms with Crippen LogP contribution in [0.2, 0.25) is 0 Å². The van der Waals surface area contributed by atoms with Crippen molar-refractivity contribution in [2.24, 2.45) is 5.41 Å². The Morgan fingerprint density at radius 2 is 1.72 bits per heavy atom. The Labute approximate surface area is 187 Å². The van der Waals surface area contributed by atoms with Gasteiger partial charge in [-0.15, -0.1) is 0 Å². The number of methoxy groups -OCH3 is 1. The second kappa shape index (κ2) is 7.55. The van der Waals surface area contributed by atoms with Crippen molar-refractivity contribution in [2.45, 2.75) is 53.6 Å². The van der Waals surface area contributed by atoms with E-state index in [1.807, 2.05) is 26.8 Å². The number of nitrogens with zero attached hydrogens (tertiary/aromatic N) is 3. The zero-order valence-corrected chi connectivity index (χ0v) is 19.8. The molecule has 0 spiro atoms. The summed E-state index contributed by atoms with van der Waals surface area (Å²) >= 11 is 0. The van der Waals surface area contributed by atoms with Crippen molar-refractivity contribution >= 4 is 27.7 Å². The van der Waals surface area contributed by atoms with Crippen molar-refractivity contribution < 1.29 is 13.9 Å². The quantitative estimate of drug-likeness (QED) is 0.390. The molecule has 5 nitrogen and oxygen atoms in total. The van der Waals surface area contributed by atoms with Gasteiger partial charge in [0.15, 0.2) is 0 Å². The van der Waals surface area contributed by atoms with Crippen LogP contribution >= 0.6 is 0 Å². The van der Waals surface area contributed by atoms with Crippen molar-refractivity contribution in [3.63, 3.8) is 0 Å². The number of ether oxygens (including phenoxy) is 1. The third kappa shape index (κ3) is 3.73. The van der Waals surface area contributed by atoms with Gasteiger partial charge < -0.3 is 9.30 Å². The van der Waals surface area contributed by atoms with Gasteiger partial charge in [-0.25, -0.2) is 4.39 Å². The minimum atomic E-state index is -0.545. The molecular weight excluding hydrogens is 405 g/mol. The molecule has 6 heteroatoms. The summed E-state index contributed by atoms with van der Waals surface area (Å²) in [5, 5.41) is 6.31. The van der Waals surface area contributed by atoms with Crippen molar-refractivity contribution in [3.8, 4) is 5.69 Å². The number of rotatable bonds is 4. The predicted octanol–water partition coefficient (Wildman–Crippen LogP) is 6.08. The third-order valence-electron chi connectivity index (χ3n) is 6.10. The number of benzene rings is 2.